The average Bonchev–Trinajstić information content (AvgIpc) is 1.91. The molecule has 2 nitrogen and oxygen atoms in total. The number of allylic oxidation sites excluding steroid dienone is 1. The summed E-state index contributed by atoms with van der Waals surface area (Å²) in [6.07, 6.45) is 6.03. The van der Waals surface area contributed by atoms with Gasteiger partial charge in [0.2, 0.25) is 0 Å². The number of aliphatic carboxylic acids is 1. The number of carboxylic acids is 1. The smallest absolute Gasteiger partial charge is 0.331 e. The predicted octanol–water partition coefficient (Wildman–Crippen LogP) is 1.78. The third-order valence-corrected chi connectivity index (χ3v) is 2.73. The van der Waals surface area contributed by atoms with Crippen LogP contribution in [0.15, 0.2) is 11.6 Å². The van der Waals surface area contributed by atoms with Gasteiger partial charge >= 0.3 is 5.97 Å². The first-order chi connectivity index (χ1) is 5.27. The number of rotatable bonds is 1. The molecule has 2 aliphatic carbocycles. The number of hydrogen-bond acceptors (Lipinski definition) is 1. The van der Waals surface area contributed by atoms with E-state index in [1.165, 1.54) is 12.3 Å². The molecule has 0 bridgehead atoms. The fraction of sp³-hybridized carbons (Fsp3) is 0.556. The van der Waals surface area contributed by atoms with Crippen LogP contribution in [0, 0.1) is 11.8 Å². The van der Waals surface area contributed by atoms with E-state index in [4.69, 9.17) is 5.11 Å². The van der Waals surface area contributed by atoms with Gasteiger partial charge < -0.3 is 5.11 Å². The van der Waals surface area contributed by atoms with E-state index in [1.54, 1.807) is 0 Å². The van der Waals surface area contributed by atoms with Crippen molar-refractivity contribution in [2.24, 2.45) is 5.92 Å². The summed E-state index contributed by atoms with van der Waals surface area (Å²) in [4.78, 5) is 10.5. The van der Waals surface area contributed by atoms with Crippen LogP contribution in [-0.4, -0.2) is 11.1 Å². The lowest BCUT2D eigenvalue weighted by atomic mass is 9.66. The maximum Gasteiger partial charge on any atom is 0.331 e. The number of fused-ring (bicyclic) bond motifs is 1. The Morgan fingerprint density at radius 2 is 2.45 bits per heavy atom. The zero-order valence-corrected chi connectivity index (χ0v) is 6.34. The van der Waals surface area contributed by atoms with Gasteiger partial charge in [-0.1, -0.05) is 6.08 Å². The molecule has 1 fully saturated rings. The zero-order valence-electron chi connectivity index (χ0n) is 6.34. The molecule has 1 unspecified atom stereocenters. The summed E-state index contributed by atoms with van der Waals surface area (Å²) < 4.78 is 0. The Labute approximate surface area is 65.9 Å². The highest BCUT2D eigenvalue weighted by Crippen LogP contribution is 2.46. The molecule has 1 radical (unpaired) electrons. The van der Waals surface area contributed by atoms with Crippen LogP contribution in [0.5, 0.6) is 0 Å². The van der Waals surface area contributed by atoms with Crippen LogP contribution in [0.4, 0.5) is 0 Å². The molecule has 2 aliphatic rings. The molecular formula is C9H11O2. The first-order valence-corrected chi connectivity index (χ1v) is 4.04. The van der Waals surface area contributed by atoms with Crippen molar-refractivity contribution in [3.05, 3.63) is 17.6 Å². The standard InChI is InChI=1S/C9H11O2/c10-9(11)8-4-2-6-1-3-7(6)5-8/h4,6H,1-3,5H2,(H,10,11). The number of carbonyl (C=O) groups is 1. The molecule has 0 amide bonds. The van der Waals surface area contributed by atoms with E-state index in [2.05, 4.69) is 0 Å². The fourth-order valence-corrected chi connectivity index (χ4v) is 1.83. The molecule has 2 rings (SSSR count). The molecule has 2 heteroatoms. The van der Waals surface area contributed by atoms with E-state index < -0.39 is 5.97 Å². The molecule has 11 heavy (non-hydrogen) atoms. The van der Waals surface area contributed by atoms with Gasteiger partial charge in [-0.2, -0.15) is 0 Å². The highest BCUT2D eigenvalue weighted by molar-refractivity contribution is 5.87. The monoisotopic (exact) mass is 151 g/mol. The minimum Gasteiger partial charge on any atom is -0.478 e. The second kappa shape index (κ2) is 2.36. The number of carboxylic acid groups (broad SMARTS) is 1. The molecule has 0 heterocycles. The second-order valence-electron chi connectivity index (χ2n) is 3.34. The second-order valence-corrected chi connectivity index (χ2v) is 3.34. The van der Waals surface area contributed by atoms with Gasteiger partial charge in [-0.3, -0.25) is 0 Å². The van der Waals surface area contributed by atoms with E-state index in [-0.39, 0.29) is 0 Å². The molecule has 0 aromatic rings. The van der Waals surface area contributed by atoms with Gasteiger partial charge in [-0.15, -0.1) is 0 Å². The Morgan fingerprint density at radius 3 is 2.91 bits per heavy atom. The predicted molar refractivity (Wildman–Crippen MR) is 40.9 cm³/mol. The maximum atomic E-state index is 10.5. The lowest BCUT2D eigenvalue weighted by Crippen LogP contribution is -2.28. The van der Waals surface area contributed by atoms with Crippen molar-refractivity contribution in [2.45, 2.75) is 25.7 Å². The Hall–Kier alpha value is -0.790. The normalized spacial score (nSPS) is 30.2. The summed E-state index contributed by atoms with van der Waals surface area (Å²) in [5, 5.41) is 8.68. The summed E-state index contributed by atoms with van der Waals surface area (Å²) >= 11 is 0. The maximum absolute atomic E-state index is 10.5. The summed E-state index contributed by atoms with van der Waals surface area (Å²) in [5.74, 6) is 1.46. The Kier molecular flexibility index (Phi) is 1.48. The molecule has 0 aliphatic heterocycles. The quantitative estimate of drug-likeness (QED) is 0.620. The Balaban J connectivity index is 2.08. The van der Waals surface area contributed by atoms with Crippen molar-refractivity contribution in [2.75, 3.05) is 0 Å². The Morgan fingerprint density at radius 1 is 1.64 bits per heavy atom. The highest BCUT2D eigenvalue weighted by Gasteiger charge is 2.35. The SMILES string of the molecule is O=C(O)C1=CCC2CC[C]2C1. The van der Waals surface area contributed by atoms with E-state index in [0.717, 1.165) is 25.2 Å². The first kappa shape index (κ1) is 6.89. The zero-order chi connectivity index (χ0) is 7.84. The Bertz CT molecular complexity index is 218. The van der Waals surface area contributed by atoms with E-state index in [0.29, 0.717) is 5.57 Å². The molecule has 0 saturated heterocycles. The van der Waals surface area contributed by atoms with Crippen LogP contribution < -0.4 is 0 Å². The van der Waals surface area contributed by atoms with Crippen molar-refractivity contribution >= 4 is 5.97 Å². The lowest BCUT2D eigenvalue weighted by molar-refractivity contribution is -0.132. The summed E-state index contributed by atoms with van der Waals surface area (Å²) in [6.45, 7) is 0. The van der Waals surface area contributed by atoms with E-state index in [9.17, 15) is 4.79 Å². The first-order valence-electron chi connectivity index (χ1n) is 4.04. The van der Waals surface area contributed by atoms with Gasteiger partial charge in [-0.25, -0.2) is 4.79 Å². The van der Waals surface area contributed by atoms with Gasteiger partial charge in [0.1, 0.15) is 0 Å². The van der Waals surface area contributed by atoms with Crippen molar-refractivity contribution in [1.82, 2.24) is 0 Å². The summed E-state index contributed by atoms with van der Waals surface area (Å²) in [7, 11) is 0. The van der Waals surface area contributed by atoms with Crippen LogP contribution >= 0.6 is 0 Å². The summed E-state index contributed by atoms with van der Waals surface area (Å²) in [5.41, 5.74) is 0.607. The van der Waals surface area contributed by atoms with E-state index >= 15 is 0 Å². The molecular weight excluding hydrogens is 140 g/mol. The van der Waals surface area contributed by atoms with Crippen LogP contribution in [0.2, 0.25) is 0 Å². The third-order valence-electron chi connectivity index (χ3n) is 2.73. The average molecular weight is 151 g/mol. The van der Waals surface area contributed by atoms with Gasteiger partial charge in [0.15, 0.2) is 0 Å². The fourth-order valence-electron chi connectivity index (χ4n) is 1.83. The highest BCUT2D eigenvalue weighted by atomic mass is 16.4. The molecule has 1 atom stereocenters. The molecule has 0 aromatic heterocycles. The van der Waals surface area contributed by atoms with Crippen LogP contribution in [-0.2, 0) is 4.79 Å². The van der Waals surface area contributed by atoms with Crippen LogP contribution in [0.3, 0.4) is 0 Å². The number of hydrogen-bond donors (Lipinski definition) is 1. The minimum atomic E-state index is -0.733. The molecule has 59 valence electrons. The van der Waals surface area contributed by atoms with E-state index in [1.807, 2.05) is 6.08 Å². The molecule has 1 N–H and O–H groups in total. The van der Waals surface area contributed by atoms with Crippen molar-refractivity contribution < 1.29 is 9.90 Å². The van der Waals surface area contributed by atoms with Gasteiger partial charge in [0.05, 0.1) is 0 Å². The third kappa shape index (κ3) is 1.06. The molecule has 1 saturated carbocycles. The summed E-state index contributed by atoms with van der Waals surface area (Å²) in [6, 6.07) is 0. The minimum absolute atomic E-state index is 0.607. The van der Waals surface area contributed by atoms with Gasteiger partial charge in [-0.05, 0) is 37.5 Å². The van der Waals surface area contributed by atoms with Gasteiger partial charge in [0, 0.05) is 5.57 Å². The van der Waals surface area contributed by atoms with Crippen molar-refractivity contribution in [1.29, 1.82) is 0 Å². The van der Waals surface area contributed by atoms with Gasteiger partial charge in [0.25, 0.3) is 0 Å². The largest absolute Gasteiger partial charge is 0.478 e. The van der Waals surface area contributed by atoms with Crippen LogP contribution in [0.1, 0.15) is 25.7 Å². The van der Waals surface area contributed by atoms with Crippen molar-refractivity contribution in [3.8, 4) is 0 Å². The molecule has 0 spiro atoms. The van der Waals surface area contributed by atoms with Crippen molar-refractivity contribution in [3.63, 3.8) is 0 Å². The lowest BCUT2D eigenvalue weighted by Gasteiger charge is -2.38. The molecule has 0 aromatic carbocycles. The topological polar surface area (TPSA) is 37.3 Å². The van der Waals surface area contributed by atoms with Crippen LogP contribution in [0.25, 0.3) is 0 Å².